The summed E-state index contributed by atoms with van der Waals surface area (Å²) in [5.41, 5.74) is 0. The van der Waals surface area contributed by atoms with Gasteiger partial charge in [-0.05, 0) is 77.0 Å². The van der Waals surface area contributed by atoms with Crippen molar-refractivity contribution in [3.63, 3.8) is 0 Å². The molecule has 3 aliphatic heterocycles. The minimum Gasteiger partial charge on any atom is -0.394 e. The number of aliphatic hydroxyl groups is 11. The van der Waals surface area contributed by atoms with Crippen LogP contribution >= 0.6 is 0 Å². The van der Waals surface area contributed by atoms with Gasteiger partial charge < -0.3 is 89.9 Å². The zero-order valence-corrected chi connectivity index (χ0v) is 63.8. The summed E-state index contributed by atoms with van der Waals surface area (Å²) >= 11 is 0. The molecule has 0 aromatic carbocycles. The van der Waals surface area contributed by atoms with Crippen LogP contribution in [0.3, 0.4) is 0 Å². The van der Waals surface area contributed by atoms with Gasteiger partial charge in [0.25, 0.3) is 0 Å². The summed E-state index contributed by atoms with van der Waals surface area (Å²) in [6.07, 6.45) is 59.1. The SMILES string of the molecule is CC/C=C\C/C=C\C/C=C\C/C=C\C/C=C\C/C=C\C/C=C\C/C=C\CCCCCCCCC(=O)NC(COC1OC(CO)C(OC2OC(CO)C(OC3OC(CO)C(O)C(O)C3O)C(O)C2O)C(O)C1O)C(O)CCCCCCCCCCCCCCCCCCCCCCCCCCCCC. The molecule has 0 aromatic heterocycles. The first-order valence-corrected chi connectivity index (χ1v) is 41.0. The molecule has 3 rings (SSSR count). The lowest BCUT2D eigenvalue weighted by Gasteiger charge is -2.48. The molecule has 19 heteroatoms. The second-order valence-electron chi connectivity index (χ2n) is 28.9. The Hall–Kier alpha value is -3.29. The standard InChI is InChI=1S/C84H147NO18/c1-3-5-7-9-11-13-15-17-19-21-23-25-27-29-31-32-33-34-36-38-40-42-44-46-48-50-52-54-56-58-60-62-72(90)85-67(68(89)61-59-57-55-53-51-49-47-45-43-41-39-37-35-30-28-26-24-22-20-18-16-14-12-10-8-6-4-2)66-98-82-78(96)75(93)80(70(64-87)100-82)103-84-79(97)76(94)81(71(65-88)101-84)102-83-77(95)74(92)73(91)69(63-86)99-83/h5,7,11,13,17,19,23,25,29,31,33-34,38,40,44,46,67-71,73-84,86-89,91-97H,3-4,6,8-10,12,14-16,18,20-22,24,26-28,30,32,35-37,39,41-43,45,47-66H2,1-2H3,(H,85,90)/b7-5-,13-11-,19-17-,25-23-,31-29-,34-33-,40-38-,46-44-. The smallest absolute Gasteiger partial charge is 0.220 e. The van der Waals surface area contributed by atoms with Gasteiger partial charge in [-0.1, -0.05) is 310 Å². The predicted octanol–water partition coefficient (Wildman–Crippen LogP) is 14.0. The van der Waals surface area contributed by atoms with E-state index < -0.39 is 124 Å². The van der Waals surface area contributed by atoms with Crippen molar-refractivity contribution in [2.75, 3.05) is 26.4 Å². The molecule has 0 radical (unpaired) electrons. The maximum atomic E-state index is 13.5. The van der Waals surface area contributed by atoms with Crippen LogP contribution in [0.25, 0.3) is 0 Å². The van der Waals surface area contributed by atoms with Crippen molar-refractivity contribution >= 4 is 5.91 Å². The number of hydrogen-bond donors (Lipinski definition) is 12. The summed E-state index contributed by atoms with van der Waals surface area (Å²) in [6, 6.07) is -0.905. The molecule has 19 nitrogen and oxygen atoms in total. The van der Waals surface area contributed by atoms with Crippen LogP contribution in [-0.4, -0.2) is 193 Å². The number of carbonyl (C=O) groups excluding carboxylic acids is 1. The average Bonchev–Trinajstić information content (AvgIpc) is 0.781. The van der Waals surface area contributed by atoms with Gasteiger partial charge in [0, 0.05) is 6.42 Å². The number of ether oxygens (including phenoxy) is 6. The Kier molecular flexibility index (Phi) is 58.0. The topological polar surface area (TPSA) is 307 Å². The normalized spacial score (nSPS) is 26.6. The van der Waals surface area contributed by atoms with E-state index in [4.69, 9.17) is 28.4 Å². The Morgan fingerprint density at radius 2 is 0.670 bits per heavy atom. The van der Waals surface area contributed by atoms with Crippen molar-refractivity contribution in [3.8, 4) is 0 Å². The highest BCUT2D eigenvalue weighted by Gasteiger charge is 2.54. The van der Waals surface area contributed by atoms with Gasteiger partial charge in [-0.15, -0.1) is 0 Å². The van der Waals surface area contributed by atoms with Gasteiger partial charge in [-0.3, -0.25) is 4.79 Å². The first-order valence-electron chi connectivity index (χ1n) is 41.0. The van der Waals surface area contributed by atoms with Crippen LogP contribution in [0.1, 0.15) is 296 Å². The van der Waals surface area contributed by atoms with Gasteiger partial charge in [0.15, 0.2) is 18.9 Å². The monoisotopic (exact) mass is 1460 g/mol. The van der Waals surface area contributed by atoms with Crippen molar-refractivity contribution in [2.24, 2.45) is 0 Å². The molecule has 3 heterocycles. The number of rotatable bonds is 64. The first kappa shape index (κ1) is 93.9. The summed E-state index contributed by atoms with van der Waals surface area (Å²) in [5.74, 6) is -0.258. The molecule has 596 valence electrons. The van der Waals surface area contributed by atoms with Crippen LogP contribution in [0.15, 0.2) is 97.2 Å². The minimum atomic E-state index is -1.98. The van der Waals surface area contributed by atoms with E-state index in [0.717, 1.165) is 116 Å². The van der Waals surface area contributed by atoms with E-state index in [1.165, 1.54) is 148 Å². The highest BCUT2D eigenvalue weighted by Crippen LogP contribution is 2.33. The van der Waals surface area contributed by atoms with Gasteiger partial charge in [-0.2, -0.15) is 0 Å². The molecule has 0 saturated carbocycles. The first-order chi connectivity index (χ1) is 50.3. The number of aliphatic hydroxyl groups excluding tert-OH is 11. The molecule has 0 bridgehead atoms. The van der Waals surface area contributed by atoms with Gasteiger partial charge in [0.05, 0.1) is 38.6 Å². The number of unbranched alkanes of at least 4 members (excludes halogenated alkanes) is 32. The second kappa shape index (κ2) is 63.6. The van der Waals surface area contributed by atoms with Gasteiger partial charge in [0.2, 0.25) is 5.91 Å². The van der Waals surface area contributed by atoms with Crippen molar-refractivity contribution < 1.29 is 89.4 Å². The number of nitrogens with one attached hydrogen (secondary N) is 1. The van der Waals surface area contributed by atoms with Gasteiger partial charge >= 0.3 is 0 Å². The van der Waals surface area contributed by atoms with E-state index in [9.17, 15) is 61.0 Å². The summed E-state index contributed by atoms with van der Waals surface area (Å²) in [5, 5.41) is 121. The fourth-order valence-electron chi connectivity index (χ4n) is 13.4. The van der Waals surface area contributed by atoms with E-state index in [1.807, 2.05) is 0 Å². The molecule has 0 aromatic rings. The largest absolute Gasteiger partial charge is 0.394 e. The van der Waals surface area contributed by atoms with Crippen LogP contribution in [0.2, 0.25) is 0 Å². The summed E-state index contributed by atoms with van der Waals surface area (Å²) in [7, 11) is 0. The number of carbonyl (C=O) groups is 1. The molecule has 17 atom stereocenters. The lowest BCUT2D eigenvalue weighted by molar-refractivity contribution is -0.379. The van der Waals surface area contributed by atoms with Gasteiger partial charge in [-0.25, -0.2) is 0 Å². The molecule has 12 N–H and O–H groups in total. The third-order valence-corrected chi connectivity index (χ3v) is 19.9. The minimum absolute atomic E-state index is 0.244. The fourth-order valence-corrected chi connectivity index (χ4v) is 13.4. The molecule has 3 aliphatic rings. The van der Waals surface area contributed by atoms with E-state index in [1.54, 1.807) is 0 Å². The van der Waals surface area contributed by atoms with Crippen LogP contribution in [-0.2, 0) is 33.2 Å². The lowest BCUT2D eigenvalue weighted by atomic mass is 9.96. The molecule has 0 spiro atoms. The molecule has 3 saturated heterocycles. The zero-order valence-electron chi connectivity index (χ0n) is 63.8. The van der Waals surface area contributed by atoms with Crippen LogP contribution in [0.4, 0.5) is 0 Å². The molecule has 0 aliphatic carbocycles. The van der Waals surface area contributed by atoms with Crippen molar-refractivity contribution in [2.45, 2.75) is 401 Å². The number of allylic oxidation sites excluding steroid dienone is 16. The Labute approximate surface area is 622 Å². The maximum Gasteiger partial charge on any atom is 0.220 e. The predicted molar refractivity (Wildman–Crippen MR) is 411 cm³/mol. The summed E-state index contributed by atoms with van der Waals surface area (Å²) in [4.78, 5) is 13.5. The summed E-state index contributed by atoms with van der Waals surface area (Å²) in [6.45, 7) is 1.70. The van der Waals surface area contributed by atoms with Crippen molar-refractivity contribution in [3.05, 3.63) is 97.2 Å². The Morgan fingerprint density at radius 3 is 1.05 bits per heavy atom. The lowest BCUT2D eigenvalue weighted by Crippen LogP contribution is -2.66. The quantitative estimate of drug-likeness (QED) is 0.0199. The van der Waals surface area contributed by atoms with Crippen LogP contribution in [0.5, 0.6) is 0 Å². The van der Waals surface area contributed by atoms with E-state index >= 15 is 0 Å². The molecule has 17 unspecified atom stereocenters. The second-order valence-corrected chi connectivity index (χ2v) is 28.9. The Balaban J connectivity index is 1.38. The maximum absolute atomic E-state index is 13.5. The van der Waals surface area contributed by atoms with Crippen molar-refractivity contribution in [1.29, 1.82) is 0 Å². The fraction of sp³-hybridized carbons (Fsp3) is 0.798. The van der Waals surface area contributed by atoms with Crippen molar-refractivity contribution in [1.82, 2.24) is 5.32 Å². The van der Waals surface area contributed by atoms with Crippen LogP contribution in [0, 0.1) is 0 Å². The Bertz CT molecular complexity index is 2240. The Morgan fingerprint density at radius 1 is 0.359 bits per heavy atom. The molecule has 1 amide bonds. The third-order valence-electron chi connectivity index (χ3n) is 19.9. The number of hydrogen-bond acceptors (Lipinski definition) is 18. The highest BCUT2D eigenvalue weighted by molar-refractivity contribution is 5.76. The average molecular weight is 1460 g/mol. The zero-order chi connectivity index (χ0) is 74.6. The molecule has 3 fully saturated rings. The molecular formula is C84H147NO18. The van der Waals surface area contributed by atoms with E-state index in [0.29, 0.717) is 12.8 Å². The third kappa shape index (κ3) is 43.5. The highest BCUT2D eigenvalue weighted by atomic mass is 16.8. The summed E-state index contributed by atoms with van der Waals surface area (Å²) < 4.78 is 34.5. The molecular weight excluding hydrogens is 1310 g/mol. The van der Waals surface area contributed by atoms with Crippen LogP contribution < -0.4 is 5.32 Å². The van der Waals surface area contributed by atoms with E-state index in [-0.39, 0.29) is 18.9 Å². The molecule has 103 heavy (non-hydrogen) atoms. The van der Waals surface area contributed by atoms with E-state index in [2.05, 4.69) is 116 Å². The van der Waals surface area contributed by atoms with Gasteiger partial charge in [0.1, 0.15) is 73.2 Å². The number of amides is 1.